The average molecular weight is 330 g/mol. The van der Waals surface area contributed by atoms with Crippen LogP contribution < -0.4 is 20.9 Å². The highest BCUT2D eigenvalue weighted by Crippen LogP contribution is 2.40. The quantitative estimate of drug-likeness (QED) is 0.849. The molecule has 1 amide bonds. The second-order valence-corrected chi connectivity index (χ2v) is 7.61. The minimum Gasteiger partial charge on any atom is -0.496 e. The Hall–Kier alpha value is -2.17. The molecule has 1 heterocycles. The second-order valence-electron chi connectivity index (χ2n) is 7.61. The van der Waals surface area contributed by atoms with Crippen LogP contribution in [0.25, 0.3) is 11.8 Å². The molecule has 5 heteroatoms. The molecule has 1 aromatic rings. The maximum atomic E-state index is 12.3. The van der Waals surface area contributed by atoms with Crippen molar-refractivity contribution in [3.05, 3.63) is 28.6 Å². The number of hydrogen-bond donors (Lipinski definition) is 1. The lowest BCUT2D eigenvalue weighted by atomic mass is 9.77. The maximum Gasteiger partial charge on any atom is 0.410 e. The number of methoxy groups -OCH3 is 1. The molecule has 1 aromatic carbocycles. The SMILES string of the molecule is COc1cccc2c1=C(N)C1(C=2)CCN(C(=O)OC(C)(C)C)CC1. The molecule has 5 nitrogen and oxygen atoms in total. The number of piperidine rings is 1. The minimum absolute atomic E-state index is 0.185. The van der Waals surface area contributed by atoms with Gasteiger partial charge in [-0.2, -0.15) is 0 Å². The zero-order valence-corrected chi connectivity index (χ0v) is 14.9. The fourth-order valence-electron chi connectivity index (χ4n) is 3.58. The highest BCUT2D eigenvalue weighted by molar-refractivity contribution is 5.71. The number of nitrogens with zero attached hydrogens (tertiary/aromatic N) is 1. The maximum absolute atomic E-state index is 12.3. The smallest absolute Gasteiger partial charge is 0.410 e. The summed E-state index contributed by atoms with van der Waals surface area (Å²) in [7, 11) is 1.67. The van der Waals surface area contributed by atoms with Crippen LogP contribution >= 0.6 is 0 Å². The van der Waals surface area contributed by atoms with E-state index in [0.29, 0.717) is 13.1 Å². The number of ether oxygens (including phenoxy) is 2. The Bertz CT molecular complexity index is 769. The van der Waals surface area contributed by atoms with Gasteiger partial charge in [0.25, 0.3) is 0 Å². The molecule has 1 fully saturated rings. The van der Waals surface area contributed by atoms with Crippen LogP contribution in [0.3, 0.4) is 0 Å². The van der Waals surface area contributed by atoms with Crippen molar-refractivity contribution in [3.8, 4) is 5.75 Å². The lowest BCUT2D eigenvalue weighted by Crippen LogP contribution is -2.45. The first-order valence-corrected chi connectivity index (χ1v) is 8.40. The molecule has 1 aliphatic heterocycles. The number of nitrogens with two attached hydrogens (primary N) is 1. The van der Waals surface area contributed by atoms with Crippen LogP contribution in [0.2, 0.25) is 0 Å². The van der Waals surface area contributed by atoms with Crippen molar-refractivity contribution in [1.82, 2.24) is 4.90 Å². The van der Waals surface area contributed by atoms with Crippen LogP contribution in [0.15, 0.2) is 18.2 Å². The largest absolute Gasteiger partial charge is 0.496 e. The van der Waals surface area contributed by atoms with E-state index >= 15 is 0 Å². The van der Waals surface area contributed by atoms with Crippen molar-refractivity contribution in [1.29, 1.82) is 0 Å². The fourth-order valence-corrected chi connectivity index (χ4v) is 3.58. The summed E-state index contributed by atoms with van der Waals surface area (Å²) in [6.07, 6.45) is 3.60. The van der Waals surface area contributed by atoms with Crippen molar-refractivity contribution < 1.29 is 14.3 Å². The van der Waals surface area contributed by atoms with E-state index in [2.05, 4.69) is 12.1 Å². The van der Waals surface area contributed by atoms with E-state index in [0.717, 1.165) is 34.7 Å². The Morgan fingerprint density at radius 2 is 1.92 bits per heavy atom. The predicted octanol–water partition coefficient (Wildman–Crippen LogP) is 1.57. The molecule has 1 spiro atoms. The fraction of sp³-hybridized carbons (Fsp3) is 0.526. The summed E-state index contributed by atoms with van der Waals surface area (Å²) in [5.41, 5.74) is 6.73. The summed E-state index contributed by atoms with van der Waals surface area (Å²) in [6, 6.07) is 5.99. The van der Waals surface area contributed by atoms with Crippen LogP contribution in [0, 0.1) is 5.41 Å². The summed E-state index contributed by atoms with van der Waals surface area (Å²) in [4.78, 5) is 14.0. The van der Waals surface area contributed by atoms with Crippen molar-refractivity contribution in [3.63, 3.8) is 0 Å². The van der Waals surface area contributed by atoms with Crippen molar-refractivity contribution in [2.75, 3.05) is 20.2 Å². The molecule has 0 unspecified atom stereocenters. The number of amides is 1. The molecule has 0 radical (unpaired) electrons. The normalized spacial score (nSPS) is 19.0. The lowest BCUT2D eigenvalue weighted by molar-refractivity contribution is 0.0180. The van der Waals surface area contributed by atoms with Crippen molar-refractivity contribution >= 4 is 17.9 Å². The third kappa shape index (κ3) is 2.83. The Labute approximate surface area is 142 Å². The van der Waals surface area contributed by atoms with Crippen molar-refractivity contribution in [2.24, 2.45) is 11.1 Å². The molecule has 1 aliphatic carbocycles. The number of benzene rings is 1. The van der Waals surface area contributed by atoms with Gasteiger partial charge in [0.1, 0.15) is 11.4 Å². The summed E-state index contributed by atoms with van der Waals surface area (Å²) in [5.74, 6) is 0.813. The number of carbonyl (C=O) groups is 1. The molecular weight excluding hydrogens is 304 g/mol. The Kier molecular flexibility index (Phi) is 3.98. The lowest BCUT2D eigenvalue weighted by Gasteiger charge is -2.39. The number of carbonyl (C=O) groups excluding carboxylic acids is 1. The Morgan fingerprint density at radius 3 is 2.50 bits per heavy atom. The van der Waals surface area contributed by atoms with E-state index in [-0.39, 0.29) is 11.5 Å². The minimum atomic E-state index is -0.472. The summed E-state index contributed by atoms with van der Waals surface area (Å²) < 4.78 is 10.9. The number of rotatable bonds is 1. The van der Waals surface area contributed by atoms with E-state index in [1.54, 1.807) is 12.0 Å². The molecule has 1 saturated heterocycles. The third-order valence-electron chi connectivity index (χ3n) is 4.82. The monoisotopic (exact) mass is 330 g/mol. The van der Waals surface area contributed by atoms with Gasteiger partial charge in [-0.3, -0.25) is 0 Å². The third-order valence-corrected chi connectivity index (χ3v) is 4.82. The van der Waals surface area contributed by atoms with Gasteiger partial charge in [-0.05, 0) is 44.9 Å². The van der Waals surface area contributed by atoms with Crippen molar-refractivity contribution in [2.45, 2.75) is 39.2 Å². The van der Waals surface area contributed by atoms with E-state index in [1.807, 2.05) is 32.9 Å². The standard InChI is InChI=1S/C19H26N2O3/c1-18(2,3)24-17(22)21-10-8-19(9-11-21)12-13-6-5-7-14(23-4)15(13)16(19)20/h5-7,12H,8-11,20H2,1-4H3. The first-order chi connectivity index (χ1) is 11.3. The first-order valence-electron chi connectivity index (χ1n) is 8.40. The van der Waals surface area contributed by atoms with E-state index < -0.39 is 5.60 Å². The highest BCUT2D eigenvalue weighted by atomic mass is 16.6. The van der Waals surface area contributed by atoms with E-state index in [1.165, 1.54) is 0 Å². The van der Waals surface area contributed by atoms with E-state index in [9.17, 15) is 4.79 Å². The van der Waals surface area contributed by atoms with Gasteiger partial charge < -0.3 is 20.1 Å². The summed E-state index contributed by atoms with van der Waals surface area (Å²) >= 11 is 0. The average Bonchev–Trinajstić information content (AvgIpc) is 2.79. The zero-order valence-electron chi connectivity index (χ0n) is 14.9. The molecule has 0 atom stereocenters. The number of fused-ring (bicyclic) bond motifs is 1. The Morgan fingerprint density at radius 1 is 1.25 bits per heavy atom. The number of likely N-dealkylation sites (tertiary alicyclic amines) is 1. The van der Waals surface area contributed by atoms with Gasteiger partial charge in [0.05, 0.1) is 7.11 Å². The molecule has 24 heavy (non-hydrogen) atoms. The van der Waals surface area contributed by atoms with Gasteiger partial charge in [-0.15, -0.1) is 0 Å². The van der Waals surface area contributed by atoms with Gasteiger partial charge in [0.15, 0.2) is 0 Å². The Balaban J connectivity index is 1.82. The molecule has 2 aliphatic rings. The van der Waals surface area contributed by atoms with E-state index in [4.69, 9.17) is 15.2 Å². The van der Waals surface area contributed by atoms with Crippen LogP contribution in [0.4, 0.5) is 4.79 Å². The topological polar surface area (TPSA) is 64.8 Å². The van der Waals surface area contributed by atoms with Crippen LogP contribution in [0.5, 0.6) is 5.75 Å². The number of hydrogen-bond acceptors (Lipinski definition) is 4. The van der Waals surface area contributed by atoms with Gasteiger partial charge in [0.2, 0.25) is 0 Å². The van der Waals surface area contributed by atoms with Gasteiger partial charge >= 0.3 is 6.09 Å². The molecule has 0 aromatic heterocycles. The molecule has 130 valence electrons. The first kappa shape index (κ1) is 16.7. The molecule has 2 N–H and O–H groups in total. The molecule has 0 bridgehead atoms. The highest BCUT2D eigenvalue weighted by Gasteiger charge is 2.40. The van der Waals surface area contributed by atoms with Crippen LogP contribution in [-0.2, 0) is 4.74 Å². The van der Waals surface area contributed by atoms with Gasteiger partial charge in [-0.25, -0.2) is 4.79 Å². The predicted molar refractivity (Wildman–Crippen MR) is 93.8 cm³/mol. The summed E-state index contributed by atoms with van der Waals surface area (Å²) in [5, 5.41) is 2.13. The molecule has 0 saturated carbocycles. The van der Waals surface area contributed by atoms with Crippen LogP contribution in [-0.4, -0.2) is 36.8 Å². The second kappa shape index (κ2) is 5.72. The van der Waals surface area contributed by atoms with Crippen LogP contribution in [0.1, 0.15) is 33.6 Å². The molecule has 3 rings (SSSR count). The molecular formula is C19H26N2O3. The zero-order chi connectivity index (χ0) is 17.5. The van der Waals surface area contributed by atoms with Gasteiger partial charge in [-0.1, -0.05) is 18.2 Å². The summed E-state index contributed by atoms with van der Waals surface area (Å²) in [6.45, 7) is 6.94. The van der Waals surface area contributed by atoms with Gasteiger partial charge in [0, 0.05) is 29.4 Å².